The summed E-state index contributed by atoms with van der Waals surface area (Å²) in [5.74, 6) is -3.87. The highest BCUT2D eigenvalue weighted by molar-refractivity contribution is 5.95. The molecule has 96 valence electrons. The first-order valence-corrected chi connectivity index (χ1v) is 5.42. The first-order chi connectivity index (χ1) is 8.46. The summed E-state index contributed by atoms with van der Waals surface area (Å²) in [6.45, 7) is -0.116. The van der Waals surface area contributed by atoms with E-state index in [2.05, 4.69) is 5.32 Å². The number of hydrogen-bond acceptors (Lipinski definition) is 2. The van der Waals surface area contributed by atoms with Gasteiger partial charge in [0, 0.05) is 6.54 Å². The summed E-state index contributed by atoms with van der Waals surface area (Å²) in [7, 11) is 0. The first kappa shape index (κ1) is 12.5. The van der Waals surface area contributed by atoms with E-state index in [9.17, 15) is 18.4 Å². The van der Waals surface area contributed by atoms with Crippen LogP contribution in [0.1, 0.15) is 23.2 Å². The van der Waals surface area contributed by atoms with Crippen LogP contribution in [-0.4, -0.2) is 23.5 Å². The molecule has 4 nitrogen and oxygen atoms in total. The third kappa shape index (κ3) is 2.18. The van der Waals surface area contributed by atoms with Crippen molar-refractivity contribution in [1.82, 2.24) is 5.32 Å². The lowest BCUT2D eigenvalue weighted by Gasteiger charge is -2.11. The van der Waals surface area contributed by atoms with E-state index < -0.39 is 34.5 Å². The van der Waals surface area contributed by atoms with Crippen LogP contribution in [0.2, 0.25) is 0 Å². The zero-order chi connectivity index (χ0) is 13.3. The molecule has 1 aliphatic rings. The van der Waals surface area contributed by atoms with E-state index in [0.29, 0.717) is 12.8 Å². The molecule has 0 unspecified atom stereocenters. The van der Waals surface area contributed by atoms with Gasteiger partial charge in [-0.2, -0.15) is 0 Å². The van der Waals surface area contributed by atoms with Crippen molar-refractivity contribution in [3.8, 4) is 0 Å². The van der Waals surface area contributed by atoms with Crippen molar-refractivity contribution in [2.45, 2.75) is 12.8 Å². The van der Waals surface area contributed by atoms with Gasteiger partial charge in [-0.3, -0.25) is 9.59 Å². The van der Waals surface area contributed by atoms with E-state index in [4.69, 9.17) is 5.11 Å². The van der Waals surface area contributed by atoms with Gasteiger partial charge in [-0.1, -0.05) is 6.07 Å². The van der Waals surface area contributed by atoms with Gasteiger partial charge < -0.3 is 10.4 Å². The van der Waals surface area contributed by atoms with Crippen molar-refractivity contribution < 1.29 is 23.5 Å². The van der Waals surface area contributed by atoms with Gasteiger partial charge in [-0.25, -0.2) is 8.78 Å². The summed E-state index contributed by atoms with van der Waals surface area (Å²) in [5.41, 5.74) is -1.64. The van der Waals surface area contributed by atoms with Crippen LogP contribution in [-0.2, 0) is 4.79 Å². The Hall–Kier alpha value is -1.98. The Morgan fingerprint density at radius 2 is 1.83 bits per heavy atom. The predicted octanol–water partition coefficient (Wildman–Crippen LogP) is 1.56. The number of nitrogens with one attached hydrogen (secondary N) is 1. The number of amides is 1. The molecule has 18 heavy (non-hydrogen) atoms. The fraction of sp³-hybridized carbons (Fsp3) is 0.333. The zero-order valence-corrected chi connectivity index (χ0v) is 9.37. The molecule has 0 radical (unpaired) electrons. The molecule has 1 aliphatic carbocycles. The van der Waals surface area contributed by atoms with Gasteiger partial charge in [0.1, 0.15) is 17.2 Å². The maximum absolute atomic E-state index is 13.3. The minimum absolute atomic E-state index is 0.116. The maximum atomic E-state index is 13.3. The Labute approximate surface area is 102 Å². The normalized spacial score (nSPS) is 16.1. The fourth-order valence-electron chi connectivity index (χ4n) is 1.67. The number of carboxylic acid groups (broad SMARTS) is 1. The van der Waals surface area contributed by atoms with Crippen LogP contribution in [0.4, 0.5) is 8.78 Å². The number of carbonyl (C=O) groups excluding carboxylic acids is 1. The summed E-state index contributed by atoms with van der Waals surface area (Å²) in [5, 5.41) is 11.2. The lowest BCUT2D eigenvalue weighted by atomic mass is 10.1. The lowest BCUT2D eigenvalue weighted by molar-refractivity contribution is -0.143. The molecule has 0 atom stereocenters. The largest absolute Gasteiger partial charge is 0.481 e. The van der Waals surface area contributed by atoms with Crippen LogP contribution in [0.5, 0.6) is 0 Å². The Kier molecular flexibility index (Phi) is 3.02. The molecular formula is C12H11F2NO3. The van der Waals surface area contributed by atoms with E-state index >= 15 is 0 Å². The van der Waals surface area contributed by atoms with Gasteiger partial charge in [-0.05, 0) is 25.0 Å². The van der Waals surface area contributed by atoms with Crippen molar-refractivity contribution >= 4 is 11.9 Å². The third-order valence-corrected chi connectivity index (χ3v) is 3.08. The lowest BCUT2D eigenvalue weighted by Crippen LogP contribution is -2.35. The zero-order valence-electron chi connectivity index (χ0n) is 9.37. The highest BCUT2D eigenvalue weighted by Crippen LogP contribution is 2.45. The Morgan fingerprint density at radius 3 is 2.28 bits per heavy atom. The third-order valence-electron chi connectivity index (χ3n) is 3.08. The van der Waals surface area contributed by atoms with Crippen LogP contribution in [0.25, 0.3) is 0 Å². The molecule has 0 heterocycles. The number of aliphatic carboxylic acids is 1. The van der Waals surface area contributed by atoms with Gasteiger partial charge in [0.25, 0.3) is 5.91 Å². The van der Waals surface area contributed by atoms with Crippen molar-refractivity contribution in [3.63, 3.8) is 0 Å². The average molecular weight is 255 g/mol. The van der Waals surface area contributed by atoms with E-state index in [1.165, 1.54) is 0 Å². The molecule has 1 aromatic rings. The van der Waals surface area contributed by atoms with Crippen molar-refractivity contribution in [1.29, 1.82) is 0 Å². The van der Waals surface area contributed by atoms with Crippen LogP contribution in [0.15, 0.2) is 18.2 Å². The minimum Gasteiger partial charge on any atom is -0.481 e. The number of carboxylic acids is 1. The van der Waals surface area contributed by atoms with Crippen molar-refractivity contribution in [2.75, 3.05) is 6.54 Å². The standard InChI is InChI=1S/C12H11F2NO3/c13-7-2-1-3-8(14)9(7)10(16)15-6-12(4-5-12)11(17)18/h1-3H,4-6H2,(H,15,16)(H,17,18). The van der Waals surface area contributed by atoms with E-state index in [1.807, 2.05) is 0 Å². The molecule has 1 fully saturated rings. The molecule has 6 heteroatoms. The van der Waals surface area contributed by atoms with Crippen LogP contribution >= 0.6 is 0 Å². The van der Waals surface area contributed by atoms with Gasteiger partial charge in [0.15, 0.2) is 0 Å². The second-order valence-electron chi connectivity index (χ2n) is 4.36. The molecule has 2 N–H and O–H groups in total. The minimum atomic E-state index is -1.00. The molecule has 2 rings (SSSR count). The van der Waals surface area contributed by atoms with Gasteiger partial charge in [0.2, 0.25) is 0 Å². The number of benzene rings is 1. The highest BCUT2D eigenvalue weighted by Gasteiger charge is 2.50. The smallest absolute Gasteiger partial charge is 0.311 e. The molecule has 0 saturated heterocycles. The average Bonchev–Trinajstić information content (AvgIpc) is 3.07. The summed E-state index contributed by atoms with van der Waals surface area (Å²) in [6.07, 6.45) is 0.921. The summed E-state index contributed by atoms with van der Waals surface area (Å²) in [6, 6.07) is 3.10. The van der Waals surface area contributed by atoms with Gasteiger partial charge in [-0.15, -0.1) is 0 Å². The fourth-order valence-corrected chi connectivity index (χ4v) is 1.67. The van der Waals surface area contributed by atoms with Crippen molar-refractivity contribution in [3.05, 3.63) is 35.4 Å². The molecule has 0 aromatic heterocycles. The molecule has 1 amide bonds. The maximum Gasteiger partial charge on any atom is 0.311 e. The number of halogens is 2. The van der Waals surface area contributed by atoms with E-state index in [0.717, 1.165) is 18.2 Å². The molecular weight excluding hydrogens is 244 g/mol. The van der Waals surface area contributed by atoms with Gasteiger partial charge in [0.05, 0.1) is 5.41 Å². The highest BCUT2D eigenvalue weighted by atomic mass is 19.1. The summed E-state index contributed by atoms with van der Waals surface area (Å²) in [4.78, 5) is 22.5. The predicted molar refractivity (Wildman–Crippen MR) is 58.0 cm³/mol. The monoisotopic (exact) mass is 255 g/mol. The second-order valence-corrected chi connectivity index (χ2v) is 4.36. The summed E-state index contributed by atoms with van der Waals surface area (Å²) < 4.78 is 26.6. The molecule has 1 saturated carbocycles. The SMILES string of the molecule is O=C(NCC1(C(=O)O)CC1)c1c(F)cccc1F. The topological polar surface area (TPSA) is 66.4 Å². The molecule has 0 spiro atoms. The van der Waals surface area contributed by atoms with Crippen LogP contribution in [0, 0.1) is 17.0 Å². The number of carbonyl (C=O) groups is 2. The number of hydrogen-bond donors (Lipinski definition) is 2. The molecule has 1 aromatic carbocycles. The number of rotatable bonds is 4. The van der Waals surface area contributed by atoms with Crippen LogP contribution < -0.4 is 5.32 Å². The summed E-state index contributed by atoms with van der Waals surface area (Å²) >= 11 is 0. The second kappa shape index (κ2) is 4.36. The Bertz CT molecular complexity index is 492. The van der Waals surface area contributed by atoms with Gasteiger partial charge >= 0.3 is 5.97 Å². The molecule has 0 bridgehead atoms. The van der Waals surface area contributed by atoms with E-state index in [1.54, 1.807) is 0 Å². The van der Waals surface area contributed by atoms with Crippen LogP contribution in [0.3, 0.4) is 0 Å². The first-order valence-electron chi connectivity index (χ1n) is 5.42. The Morgan fingerprint density at radius 1 is 1.28 bits per heavy atom. The van der Waals surface area contributed by atoms with E-state index in [-0.39, 0.29) is 6.54 Å². The molecule has 0 aliphatic heterocycles. The Balaban J connectivity index is 2.07. The quantitative estimate of drug-likeness (QED) is 0.858. The van der Waals surface area contributed by atoms with Crippen molar-refractivity contribution in [2.24, 2.45) is 5.41 Å².